The minimum absolute atomic E-state index is 0.134. The van der Waals surface area contributed by atoms with Gasteiger partial charge in [-0.3, -0.25) is 19.2 Å². The summed E-state index contributed by atoms with van der Waals surface area (Å²) in [5.74, 6) is -2.63. The van der Waals surface area contributed by atoms with E-state index in [1.54, 1.807) is 20.8 Å². The largest absolute Gasteiger partial charge is 0.444 e. The molecular formula is C31H47N5O8. The lowest BCUT2D eigenvalue weighted by atomic mass is 9.85. The summed E-state index contributed by atoms with van der Waals surface area (Å²) in [4.78, 5) is 69.5. The number of aryl methyl sites for hydroxylation is 1. The summed E-state index contributed by atoms with van der Waals surface area (Å²) in [6.07, 6.45) is -1.72. The summed E-state index contributed by atoms with van der Waals surface area (Å²) in [6, 6.07) is 3.85. The predicted octanol–water partition coefficient (Wildman–Crippen LogP) is 0.515. The molecule has 0 aromatic heterocycles. The number of benzene rings is 1. The Kier molecular flexibility index (Phi) is 11.0. The third-order valence-electron chi connectivity index (χ3n) is 8.07. The molecule has 1 aromatic carbocycles. The van der Waals surface area contributed by atoms with E-state index in [0.717, 1.165) is 11.1 Å². The van der Waals surface area contributed by atoms with E-state index in [1.807, 2.05) is 31.2 Å². The van der Waals surface area contributed by atoms with Crippen LogP contribution in [0.25, 0.3) is 0 Å². The molecule has 2 aliphatic heterocycles. The van der Waals surface area contributed by atoms with Crippen molar-refractivity contribution < 1.29 is 38.9 Å². The second-order valence-electron chi connectivity index (χ2n) is 12.9. The van der Waals surface area contributed by atoms with Gasteiger partial charge in [0.05, 0.1) is 12.2 Å². The highest BCUT2D eigenvalue weighted by Crippen LogP contribution is 2.36. The molecule has 5 amide bonds. The van der Waals surface area contributed by atoms with Crippen LogP contribution in [0.2, 0.25) is 0 Å². The molecular weight excluding hydrogens is 570 g/mol. The van der Waals surface area contributed by atoms with Gasteiger partial charge in [0, 0.05) is 19.5 Å². The minimum atomic E-state index is -1.43. The van der Waals surface area contributed by atoms with Crippen LogP contribution in [-0.2, 0) is 30.3 Å². The van der Waals surface area contributed by atoms with Gasteiger partial charge in [0.15, 0.2) is 0 Å². The summed E-state index contributed by atoms with van der Waals surface area (Å²) in [5.41, 5.74) is 4.96. The Morgan fingerprint density at radius 1 is 1.05 bits per heavy atom. The van der Waals surface area contributed by atoms with Crippen LogP contribution in [0.5, 0.6) is 0 Å². The zero-order valence-corrected chi connectivity index (χ0v) is 26.5. The van der Waals surface area contributed by atoms with Gasteiger partial charge in [-0.05, 0) is 72.8 Å². The van der Waals surface area contributed by atoms with Crippen molar-refractivity contribution in [1.29, 1.82) is 0 Å². The number of hydrogen-bond acceptors (Lipinski definition) is 8. The van der Waals surface area contributed by atoms with Gasteiger partial charge in [0.2, 0.25) is 23.6 Å². The van der Waals surface area contributed by atoms with E-state index >= 15 is 0 Å². The highest BCUT2D eigenvalue weighted by molar-refractivity contribution is 5.98. The lowest BCUT2D eigenvalue weighted by Crippen LogP contribution is -2.65. The predicted molar refractivity (Wildman–Crippen MR) is 161 cm³/mol. The first-order valence-electron chi connectivity index (χ1n) is 15.1. The maximum Gasteiger partial charge on any atom is 0.408 e. The third kappa shape index (κ3) is 8.06. The summed E-state index contributed by atoms with van der Waals surface area (Å²) in [7, 11) is 0. The molecule has 13 heteroatoms. The molecule has 244 valence electrons. The highest BCUT2D eigenvalue weighted by atomic mass is 16.6. The van der Waals surface area contributed by atoms with Gasteiger partial charge in [0.1, 0.15) is 29.3 Å². The van der Waals surface area contributed by atoms with Gasteiger partial charge >= 0.3 is 6.09 Å². The van der Waals surface area contributed by atoms with Gasteiger partial charge in [-0.15, -0.1) is 0 Å². The molecule has 44 heavy (non-hydrogen) atoms. The minimum Gasteiger partial charge on any atom is -0.444 e. The number of primary amides is 1. The van der Waals surface area contributed by atoms with Gasteiger partial charge in [0.25, 0.3) is 0 Å². The van der Waals surface area contributed by atoms with Crippen molar-refractivity contribution in [2.24, 2.45) is 5.73 Å². The van der Waals surface area contributed by atoms with E-state index in [9.17, 15) is 34.2 Å². The number of aliphatic hydroxyl groups is 2. The molecule has 2 aliphatic rings. The molecule has 0 bridgehead atoms. The summed E-state index contributed by atoms with van der Waals surface area (Å²) >= 11 is 0. The fourth-order valence-electron chi connectivity index (χ4n) is 6.03. The first kappa shape index (κ1) is 34.8. The lowest BCUT2D eigenvalue weighted by Gasteiger charge is -2.41. The maximum atomic E-state index is 14.3. The quantitative estimate of drug-likeness (QED) is 0.251. The number of alkyl carbamates (subject to hydrolysis) is 1. The van der Waals surface area contributed by atoms with Crippen LogP contribution in [0.15, 0.2) is 24.3 Å². The van der Waals surface area contributed by atoms with Gasteiger partial charge in [-0.2, -0.15) is 0 Å². The Hall–Kier alpha value is -3.71. The highest BCUT2D eigenvalue weighted by Gasteiger charge is 2.53. The number of ether oxygens (including phenoxy) is 1. The van der Waals surface area contributed by atoms with Crippen LogP contribution in [0.4, 0.5) is 4.79 Å². The first-order chi connectivity index (χ1) is 20.5. The average Bonchev–Trinajstić information content (AvgIpc) is 3.56. The van der Waals surface area contributed by atoms with E-state index in [1.165, 1.54) is 23.6 Å². The Morgan fingerprint density at radius 3 is 2.27 bits per heavy atom. The van der Waals surface area contributed by atoms with Crippen molar-refractivity contribution in [3.8, 4) is 0 Å². The fraction of sp³-hybridized carbons (Fsp3) is 0.645. The van der Waals surface area contributed by atoms with E-state index in [2.05, 4.69) is 10.6 Å². The van der Waals surface area contributed by atoms with Crippen molar-refractivity contribution in [2.75, 3.05) is 13.1 Å². The second-order valence-corrected chi connectivity index (χ2v) is 12.9. The first-order valence-corrected chi connectivity index (χ1v) is 15.1. The number of carbonyl (C=O) groups excluding carboxylic acids is 5. The van der Waals surface area contributed by atoms with Crippen molar-refractivity contribution >= 4 is 29.7 Å². The van der Waals surface area contributed by atoms with Gasteiger partial charge < -0.3 is 41.1 Å². The average molecular weight is 618 g/mol. The maximum absolute atomic E-state index is 14.3. The molecule has 13 nitrogen and oxygen atoms in total. The number of nitrogens with one attached hydrogen (secondary N) is 2. The molecule has 2 saturated heterocycles. The molecule has 2 heterocycles. The van der Waals surface area contributed by atoms with Crippen LogP contribution >= 0.6 is 0 Å². The van der Waals surface area contributed by atoms with Crippen LogP contribution in [0.3, 0.4) is 0 Å². The van der Waals surface area contributed by atoms with Gasteiger partial charge in [-0.25, -0.2) is 4.79 Å². The van der Waals surface area contributed by atoms with Crippen LogP contribution < -0.4 is 16.4 Å². The lowest BCUT2D eigenvalue weighted by molar-refractivity contribution is -0.153. The molecule has 0 saturated carbocycles. The van der Waals surface area contributed by atoms with Crippen molar-refractivity contribution in [3.63, 3.8) is 0 Å². The molecule has 2 fully saturated rings. The van der Waals surface area contributed by atoms with Gasteiger partial charge in [-0.1, -0.05) is 29.8 Å². The summed E-state index contributed by atoms with van der Waals surface area (Å²) < 4.78 is 5.27. The molecule has 0 aliphatic carbocycles. The monoisotopic (exact) mass is 617 g/mol. The van der Waals surface area contributed by atoms with Crippen molar-refractivity contribution in [3.05, 3.63) is 35.4 Å². The number of nitrogens with two attached hydrogens (primary N) is 1. The Labute approximate surface area is 258 Å². The Morgan fingerprint density at radius 2 is 1.70 bits per heavy atom. The number of hydrogen-bond donors (Lipinski definition) is 5. The molecule has 0 radical (unpaired) electrons. The summed E-state index contributed by atoms with van der Waals surface area (Å²) in [6.45, 7) is 10.1. The number of likely N-dealkylation sites (tertiary alicyclic amines) is 2. The number of aliphatic hydroxyl groups excluding tert-OH is 2. The van der Waals surface area contributed by atoms with Crippen LogP contribution in [0, 0.1) is 6.92 Å². The smallest absolute Gasteiger partial charge is 0.408 e. The topological polar surface area (TPSA) is 192 Å². The van der Waals surface area contributed by atoms with E-state index in [0.29, 0.717) is 19.3 Å². The summed E-state index contributed by atoms with van der Waals surface area (Å²) in [5, 5.41) is 25.6. The zero-order chi connectivity index (χ0) is 33.0. The number of nitrogens with zero attached hydrogens (tertiary/aromatic N) is 2. The molecule has 1 aromatic rings. The van der Waals surface area contributed by atoms with Crippen molar-refractivity contribution in [1.82, 2.24) is 20.4 Å². The van der Waals surface area contributed by atoms with Crippen LogP contribution in [0.1, 0.15) is 71.4 Å². The Bertz CT molecular complexity index is 1250. The molecule has 6 atom stereocenters. The number of rotatable bonds is 10. The molecule has 0 unspecified atom stereocenters. The number of amides is 5. The fourth-order valence-corrected chi connectivity index (χ4v) is 6.03. The SMILES string of the molecule is Cc1cccc(C[C@]2(C(=O)N[C@H](C(N)=O)[C@@H](C)O)CCCN2C(=O)[C@@H]2CCCN2C(=O)[C@@H](NC(=O)OC(C)(C)C)[C@@H](C)O)c1. The van der Waals surface area contributed by atoms with E-state index in [4.69, 9.17) is 10.5 Å². The molecule has 6 N–H and O–H groups in total. The van der Waals surface area contributed by atoms with Crippen LogP contribution in [-0.4, -0.2) is 104 Å². The normalized spacial score (nSPS) is 23.0. The Balaban J connectivity index is 1.95. The zero-order valence-electron chi connectivity index (χ0n) is 26.5. The van der Waals surface area contributed by atoms with E-state index < -0.39 is 71.2 Å². The second kappa shape index (κ2) is 13.9. The van der Waals surface area contributed by atoms with E-state index in [-0.39, 0.29) is 25.9 Å². The number of carbonyl (C=O) groups is 5. The molecule has 0 spiro atoms. The van der Waals surface area contributed by atoms with Crippen molar-refractivity contribution in [2.45, 2.75) is 115 Å². The standard InChI is InChI=1S/C31H47N5O8/c1-18-10-7-11-21(16-18)17-31(28(42)33-23(19(2)37)25(32)39)13-9-15-36(31)26(40)22-12-8-14-35(22)27(41)24(20(3)38)34-29(43)44-30(4,5)6/h7,10-11,16,19-20,22-24,37-38H,8-9,12-15,17H2,1-6H3,(H2,32,39)(H,33,42)(H,34,43)/t19-,20-,22+,23+,24+,31+/m1/s1. The third-order valence-corrected chi connectivity index (χ3v) is 8.07. The molecule has 3 rings (SSSR count).